The van der Waals surface area contributed by atoms with Gasteiger partial charge in [-0.2, -0.15) is 0 Å². The molecule has 3 N–H and O–H groups in total. The fraction of sp³-hybridized carbons (Fsp3) is 0.500. The van der Waals surface area contributed by atoms with Gasteiger partial charge in [-0.3, -0.25) is 9.59 Å². The minimum absolute atomic E-state index is 0.0898. The molecular formula is C12H19N3O5S. The Morgan fingerprint density at radius 1 is 1.33 bits per heavy atom. The van der Waals surface area contributed by atoms with E-state index in [1.165, 1.54) is 37.7 Å². The molecule has 0 aliphatic rings. The summed E-state index contributed by atoms with van der Waals surface area (Å²) in [4.78, 5) is 22.3. The Bertz CT molecular complexity index is 650. The fourth-order valence-corrected chi connectivity index (χ4v) is 3.06. The van der Waals surface area contributed by atoms with Gasteiger partial charge in [0.2, 0.25) is 10.0 Å². The van der Waals surface area contributed by atoms with Crippen molar-refractivity contribution < 1.29 is 23.1 Å². The van der Waals surface area contributed by atoms with Crippen molar-refractivity contribution in [2.45, 2.75) is 24.8 Å². The number of aliphatic carboxylic acids is 1. The maximum atomic E-state index is 12.2. The predicted molar refractivity (Wildman–Crippen MR) is 75.4 cm³/mol. The number of carboxylic acid groups (broad SMARTS) is 1. The maximum Gasteiger partial charge on any atom is 0.307 e. The van der Waals surface area contributed by atoms with Crippen LogP contribution in [0.5, 0.6) is 0 Å². The van der Waals surface area contributed by atoms with Crippen LogP contribution in [0.25, 0.3) is 0 Å². The van der Waals surface area contributed by atoms with Gasteiger partial charge in [0.15, 0.2) is 0 Å². The summed E-state index contributed by atoms with van der Waals surface area (Å²) in [6.07, 6.45) is 1.30. The Balaban J connectivity index is 3.04. The van der Waals surface area contributed by atoms with Crippen LogP contribution in [0.15, 0.2) is 17.2 Å². The Labute approximate surface area is 123 Å². The van der Waals surface area contributed by atoms with Gasteiger partial charge < -0.3 is 15.0 Å². The molecule has 1 amide bonds. The van der Waals surface area contributed by atoms with Gasteiger partial charge in [0.1, 0.15) is 10.6 Å². The second-order valence-corrected chi connectivity index (χ2v) is 6.50. The second kappa shape index (κ2) is 6.27. The fourth-order valence-electron chi connectivity index (χ4n) is 1.66. The molecule has 0 bridgehead atoms. The number of aryl methyl sites for hydroxylation is 1. The zero-order valence-electron chi connectivity index (χ0n) is 12.2. The summed E-state index contributed by atoms with van der Waals surface area (Å²) in [5.41, 5.74) is 0.191. The van der Waals surface area contributed by atoms with E-state index in [9.17, 15) is 18.0 Å². The van der Waals surface area contributed by atoms with Crippen molar-refractivity contribution in [3.63, 3.8) is 0 Å². The molecule has 0 fully saturated rings. The summed E-state index contributed by atoms with van der Waals surface area (Å²) in [5.74, 6) is -2.38. The average Bonchev–Trinajstić information content (AvgIpc) is 2.79. The number of aromatic nitrogens is 1. The van der Waals surface area contributed by atoms with Gasteiger partial charge in [-0.15, -0.1) is 0 Å². The van der Waals surface area contributed by atoms with Gasteiger partial charge in [-0.25, -0.2) is 13.1 Å². The molecule has 0 aliphatic heterocycles. The van der Waals surface area contributed by atoms with E-state index in [0.29, 0.717) is 0 Å². The molecule has 0 radical (unpaired) electrons. The van der Waals surface area contributed by atoms with Crippen LogP contribution >= 0.6 is 0 Å². The third kappa shape index (κ3) is 3.82. The highest BCUT2D eigenvalue weighted by Gasteiger charge is 2.27. The molecule has 1 aromatic rings. The molecule has 1 rings (SSSR count). The van der Waals surface area contributed by atoms with Gasteiger partial charge in [-0.05, 0) is 13.0 Å². The van der Waals surface area contributed by atoms with Gasteiger partial charge in [-0.1, -0.05) is 6.92 Å². The van der Waals surface area contributed by atoms with Crippen LogP contribution < -0.4 is 10.0 Å². The number of amides is 1. The molecule has 0 saturated carbocycles. The SMILES string of the molecule is CNC(=O)c1cc(S(=O)(=O)NC(C)C(C)C(=O)O)cn1C. The number of hydrogen-bond donors (Lipinski definition) is 3. The molecule has 2 unspecified atom stereocenters. The number of carbonyl (C=O) groups excluding carboxylic acids is 1. The van der Waals surface area contributed by atoms with E-state index in [-0.39, 0.29) is 10.6 Å². The Morgan fingerprint density at radius 3 is 2.38 bits per heavy atom. The van der Waals surface area contributed by atoms with Crippen LogP contribution in [-0.2, 0) is 21.9 Å². The summed E-state index contributed by atoms with van der Waals surface area (Å²) < 4.78 is 28.1. The van der Waals surface area contributed by atoms with Crippen molar-refractivity contribution in [1.29, 1.82) is 0 Å². The molecule has 0 spiro atoms. The lowest BCUT2D eigenvalue weighted by molar-refractivity contribution is -0.141. The summed E-state index contributed by atoms with van der Waals surface area (Å²) in [5, 5.41) is 11.3. The zero-order chi connectivity index (χ0) is 16.4. The van der Waals surface area contributed by atoms with E-state index in [2.05, 4.69) is 10.0 Å². The van der Waals surface area contributed by atoms with E-state index in [4.69, 9.17) is 5.11 Å². The first-order chi connectivity index (χ1) is 9.60. The third-order valence-electron chi connectivity index (χ3n) is 3.23. The quantitative estimate of drug-likeness (QED) is 0.670. The smallest absolute Gasteiger partial charge is 0.307 e. The highest BCUT2D eigenvalue weighted by atomic mass is 32.2. The topological polar surface area (TPSA) is 118 Å². The number of carbonyl (C=O) groups is 2. The third-order valence-corrected chi connectivity index (χ3v) is 4.76. The first-order valence-electron chi connectivity index (χ1n) is 6.23. The maximum absolute atomic E-state index is 12.2. The molecule has 2 atom stereocenters. The van der Waals surface area contributed by atoms with E-state index in [0.717, 1.165) is 0 Å². The van der Waals surface area contributed by atoms with Crippen LogP contribution in [0.4, 0.5) is 0 Å². The van der Waals surface area contributed by atoms with Gasteiger partial charge in [0, 0.05) is 26.3 Å². The Kier molecular flexibility index (Phi) is 5.13. The molecule has 21 heavy (non-hydrogen) atoms. The largest absolute Gasteiger partial charge is 0.481 e. The minimum Gasteiger partial charge on any atom is -0.481 e. The molecule has 8 nitrogen and oxygen atoms in total. The number of sulfonamides is 1. The van der Waals surface area contributed by atoms with Crippen molar-refractivity contribution in [3.05, 3.63) is 18.0 Å². The van der Waals surface area contributed by atoms with Crippen molar-refractivity contribution in [1.82, 2.24) is 14.6 Å². The lowest BCUT2D eigenvalue weighted by Crippen LogP contribution is -2.39. The first-order valence-corrected chi connectivity index (χ1v) is 7.72. The predicted octanol–water partition coefficient (Wildman–Crippen LogP) is -0.228. The standard InChI is InChI=1S/C12H19N3O5S/c1-7(12(17)18)8(2)14-21(19,20)9-5-10(11(16)13-3)15(4)6-9/h5-8,14H,1-4H3,(H,13,16)(H,17,18). The number of nitrogens with zero attached hydrogens (tertiary/aromatic N) is 1. The van der Waals surface area contributed by atoms with Crippen LogP contribution in [0, 0.1) is 5.92 Å². The zero-order valence-corrected chi connectivity index (χ0v) is 13.1. The molecule has 118 valence electrons. The second-order valence-electron chi connectivity index (χ2n) is 4.79. The lowest BCUT2D eigenvalue weighted by atomic mass is 10.1. The summed E-state index contributed by atoms with van der Waals surface area (Å²) in [7, 11) is -0.904. The van der Waals surface area contributed by atoms with Gasteiger partial charge in [0.05, 0.1) is 5.92 Å². The van der Waals surface area contributed by atoms with Gasteiger partial charge in [0.25, 0.3) is 5.91 Å². The van der Waals surface area contributed by atoms with Crippen molar-refractivity contribution in [2.24, 2.45) is 13.0 Å². The van der Waals surface area contributed by atoms with Crippen LogP contribution in [0.1, 0.15) is 24.3 Å². The van der Waals surface area contributed by atoms with Crippen molar-refractivity contribution in [2.75, 3.05) is 7.05 Å². The number of carboxylic acids is 1. The Morgan fingerprint density at radius 2 is 1.90 bits per heavy atom. The summed E-state index contributed by atoms with van der Waals surface area (Å²) in [6.45, 7) is 2.88. The molecule has 0 aliphatic carbocycles. The molecule has 0 aromatic carbocycles. The summed E-state index contributed by atoms with van der Waals surface area (Å²) >= 11 is 0. The van der Waals surface area contributed by atoms with E-state index in [1.807, 2.05) is 0 Å². The van der Waals surface area contributed by atoms with E-state index >= 15 is 0 Å². The van der Waals surface area contributed by atoms with Crippen LogP contribution in [0.3, 0.4) is 0 Å². The number of hydrogen-bond acceptors (Lipinski definition) is 4. The molecular weight excluding hydrogens is 298 g/mol. The normalized spacial score (nSPS) is 14.5. The highest BCUT2D eigenvalue weighted by Crippen LogP contribution is 2.15. The first kappa shape index (κ1) is 17.2. The monoisotopic (exact) mass is 317 g/mol. The molecule has 1 aromatic heterocycles. The van der Waals surface area contributed by atoms with E-state index in [1.54, 1.807) is 7.05 Å². The molecule has 1 heterocycles. The highest BCUT2D eigenvalue weighted by molar-refractivity contribution is 7.89. The van der Waals surface area contributed by atoms with Crippen molar-refractivity contribution >= 4 is 21.9 Å². The molecule has 0 saturated heterocycles. The minimum atomic E-state index is -3.90. The van der Waals surface area contributed by atoms with Gasteiger partial charge >= 0.3 is 5.97 Å². The molecule has 9 heteroatoms. The number of rotatable bonds is 6. The average molecular weight is 317 g/mol. The summed E-state index contributed by atoms with van der Waals surface area (Å²) in [6, 6.07) is 0.454. The van der Waals surface area contributed by atoms with E-state index < -0.39 is 33.9 Å². The van der Waals surface area contributed by atoms with Crippen LogP contribution in [-0.4, -0.2) is 43.1 Å². The van der Waals surface area contributed by atoms with Crippen LogP contribution in [0.2, 0.25) is 0 Å². The van der Waals surface area contributed by atoms with Crippen molar-refractivity contribution in [3.8, 4) is 0 Å². The number of nitrogens with one attached hydrogen (secondary N) is 2. The lowest BCUT2D eigenvalue weighted by Gasteiger charge is -2.17. The Hall–Kier alpha value is -1.87.